The first kappa shape index (κ1) is 83.8. The van der Waals surface area contributed by atoms with Crippen molar-refractivity contribution in [2.24, 2.45) is 16.2 Å². The van der Waals surface area contributed by atoms with E-state index in [4.69, 9.17) is 14.0 Å². The van der Waals surface area contributed by atoms with E-state index >= 15 is 44.7 Å². The Balaban J connectivity index is 1.07. The van der Waals surface area contributed by atoms with E-state index in [-0.39, 0.29) is 46.2 Å². The molecular formula is C72H83F10N12O16P. The van der Waals surface area contributed by atoms with Crippen LogP contribution in [-0.4, -0.2) is 194 Å². The second kappa shape index (κ2) is 32.2. The van der Waals surface area contributed by atoms with Crippen LogP contribution in [0.5, 0.6) is 5.75 Å². The fraction of sp³-hybridized carbons (Fsp3) is 0.528. The van der Waals surface area contributed by atoms with Gasteiger partial charge in [0.15, 0.2) is 0 Å². The zero-order chi connectivity index (χ0) is 81.5. The number of halogens is 10. The predicted octanol–water partition coefficient (Wildman–Crippen LogP) is 8.38. The van der Waals surface area contributed by atoms with Crippen LogP contribution in [0.2, 0.25) is 0 Å². The predicted molar refractivity (Wildman–Crippen MR) is 371 cm³/mol. The number of rotatable bonds is 29. The van der Waals surface area contributed by atoms with Crippen LogP contribution in [0.1, 0.15) is 126 Å². The van der Waals surface area contributed by atoms with Gasteiger partial charge in [-0.25, -0.2) is 42.6 Å². The zero-order valence-corrected chi connectivity index (χ0v) is 62.3. The molecule has 0 radical (unpaired) electrons. The number of carbonyl (C=O) groups is 7. The third-order valence-electron chi connectivity index (χ3n) is 21.0. The molecule has 3 saturated carbocycles. The summed E-state index contributed by atoms with van der Waals surface area (Å²) in [4.78, 5) is 132. The number of carboxylic acid groups (broad SMARTS) is 1. The quantitative estimate of drug-likeness (QED) is 0.00556. The molecule has 28 nitrogen and oxygen atoms in total. The first-order valence-corrected chi connectivity index (χ1v) is 36.4. The van der Waals surface area contributed by atoms with E-state index in [1.54, 1.807) is 5.32 Å². The number of fused-ring (bicyclic) bond motifs is 2. The Morgan fingerprint density at radius 3 is 1.83 bits per heavy atom. The highest BCUT2D eigenvalue weighted by molar-refractivity contribution is 7.46. The van der Waals surface area contributed by atoms with Crippen molar-refractivity contribution in [1.29, 1.82) is 0 Å². The van der Waals surface area contributed by atoms with Gasteiger partial charge in [-0.3, -0.25) is 44.1 Å². The van der Waals surface area contributed by atoms with Gasteiger partial charge in [0.25, 0.3) is 5.91 Å². The van der Waals surface area contributed by atoms with Crippen molar-refractivity contribution in [3.63, 3.8) is 0 Å². The number of phosphoric acid groups is 1. The fourth-order valence-electron chi connectivity index (χ4n) is 14.9. The second-order valence-corrected chi connectivity index (χ2v) is 31.5. The van der Waals surface area contributed by atoms with Crippen molar-refractivity contribution in [2.45, 2.75) is 179 Å². The van der Waals surface area contributed by atoms with Crippen LogP contribution < -0.4 is 36.1 Å². The Labute approximate surface area is 629 Å². The van der Waals surface area contributed by atoms with Crippen molar-refractivity contribution in [2.75, 3.05) is 52.0 Å². The zero-order valence-electron chi connectivity index (χ0n) is 61.5. The highest BCUT2D eigenvalue weighted by atomic mass is 31.2. The molecule has 111 heavy (non-hydrogen) atoms. The van der Waals surface area contributed by atoms with E-state index in [1.165, 1.54) is 63.5 Å². The van der Waals surface area contributed by atoms with Gasteiger partial charge in [-0.1, -0.05) is 43.9 Å². The minimum Gasteiger partial charge on any atom is -0.481 e. The molecule has 2 aromatic heterocycles. The molecule has 5 amide bonds. The first-order valence-electron chi connectivity index (χ1n) is 34.9. The highest BCUT2D eigenvalue weighted by Gasteiger charge is 2.72. The smallest absolute Gasteiger partial charge is 0.481 e. The number of piperazine rings is 1. The molecule has 3 aliphatic carbocycles. The number of carbonyl (C=O) groups excluding carboxylic acids is 6. The number of aryl methyl sites for hydroxylation is 1. The number of hydrogen-bond acceptors (Lipinski definition) is 19. The standard InChI is InChI=1S/C72H83F10N12O16P/c1-38-20-43(25-54(95)88-70-35-69(36-70,37-70)61(99)100)56(52(21-38)110-111(103,104)105)66(2,3)26-55(96)109-53(32-92(90-60(98)58(87-65(102)107-9)68(6,7)72(80,81)82)31-47-48(73)23-42(24-49(47)74)50-18-19-93(89-50)62(75)76)51(85-59(97)57(86-64(101)106-8)67(4,5)71(77,78)79)22-40-13-10-39(11-14-40)12-15-41-27-83-63(84-28-41)91-29-44-16-17-45(30-91)94(44)46-33-108-34-46/h10-11,13-14,18-21,23-24,27-28,44-46,51,53,57-58,62H,16-17,22,25-26,29-37H2,1-9H3,(H,85,97)(H,86,101)(H,87,102)(H,88,95)(H,90,98)(H,99,100)(H2,103,104,105)/t44?,45?,51-,53-,57+,58+,69?,70?/m0/s1. The molecule has 0 spiro atoms. The molecule has 3 saturated heterocycles. The van der Waals surface area contributed by atoms with E-state index in [0.717, 1.165) is 45.4 Å². The second-order valence-electron chi connectivity index (χ2n) is 30.4. The molecule has 3 aliphatic heterocycles. The number of alkyl carbamates (subject to hydrolysis) is 2. The number of aliphatic carboxylic acids is 1. The maximum Gasteiger partial charge on any atom is 0.524 e. The van der Waals surface area contributed by atoms with Crippen molar-refractivity contribution in [3.05, 3.63) is 124 Å². The summed E-state index contributed by atoms with van der Waals surface area (Å²) >= 11 is 0. The largest absolute Gasteiger partial charge is 0.524 e. The molecule has 4 bridgehead atoms. The van der Waals surface area contributed by atoms with Crippen LogP contribution in [0.25, 0.3) is 11.3 Å². The lowest BCUT2D eigenvalue weighted by Gasteiger charge is -2.67. The van der Waals surface area contributed by atoms with Gasteiger partial charge in [0.1, 0.15) is 35.6 Å². The molecule has 11 rings (SSSR count). The molecular weight excluding hydrogens is 1510 g/mol. The lowest BCUT2D eigenvalue weighted by Crippen LogP contribution is -2.77. The summed E-state index contributed by atoms with van der Waals surface area (Å²) in [7, 11) is -4.08. The molecule has 6 fully saturated rings. The van der Waals surface area contributed by atoms with E-state index < -0.39 is 187 Å². The number of amides is 5. The van der Waals surface area contributed by atoms with Gasteiger partial charge >= 0.3 is 50.8 Å². The number of esters is 1. The number of carboxylic acids is 1. The number of anilines is 1. The van der Waals surface area contributed by atoms with Gasteiger partial charge in [-0.2, -0.15) is 40.2 Å². The normalized spacial score (nSPS) is 20.4. The number of nitrogens with one attached hydrogen (secondary N) is 5. The summed E-state index contributed by atoms with van der Waals surface area (Å²) in [6.45, 7) is 2.92. The van der Waals surface area contributed by atoms with Crippen LogP contribution >= 0.6 is 7.82 Å². The molecule has 6 aliphatic rings. The number of methoxy groups -OCH3 is 2. The molecule has 6 atom stereocenters. The molecule has 5 heterocycles. The molecule has 3 aromatic carbocycles. The Hall–Kier alpha value is -9.67. The first-order chi connectivity index (χ1) is 51.7. The number of benzene rings is 3. The van der Waals surface area contributed by atoms with Crippen LogP contribution in [-0.2, 0) is 72.3 Å². The van der Waals surface area contributed by atoms with Crippen molar-refractivity contribution in [1.82, 2.24) is 56.4 Å². The Kier molecular flexibility index (Phi) is 24.3. The third-order valence-corrected chi connectivity index (χ3v) is 21.4. The van der Waals surface area contributed by atoms with Crippen molar-refractivity contribution < 1.29 is 120 Å². The summed E-state index contributed by atoms with van der Waals surface area (Å²) in [5, 5.41) is 22.7. The molecule has 2 unspecified atom stereocenters. The minimum atomic E-state index is -5.56. The summed E-state index contributed by atoms with van der Waals surface area (Å²) in [6, 6.07) is 3.86. The SMILES string of the molecule is COC(=O)N[C@H](C(=O)N[C@@H](Cc1ccc(C#Cc2cnc(N3CC4CCC(C3)N4C3COC3)nc2)cc1)[C@H](CN(Cc1c(F)cc(-c2ccn(C(F)F)n2)cc1F)NC(=O)[C@@H](NC(=O)OC)C(C)(C)C(F)(F)F)OC(=O)CC(C)(C)c1c(CC(=O)NC23CC(C(=O)O)(C2)C3)cc(C)cc1OP(=O)(O)O)C(C)(C)C(F)(F)F. The lowest BCUT2D eigenvalue weighted by molar-refractivity contribution is -0.221. The Morgan fingerprint density at radius 1 is 0.766 bits per heavy atom. The van der Waals surface area contributed by atoms with Crippen LogP contribution in [0.3, 0.4) is 0 Å². The van der Waals surface area contributed by atoms with Gasteiger partial charge < -0.3 is 54.7 Å². The van der Waals surface area contributed by atoms with Crippen LogP contribution in [0.15, 0.2) is 73.2 Å². The molecule has 5 aromatic rings. The number of nitrogens with zero attached hydrogens (tertiary/aromatic N) is 7. The van der Waals surface area contributed by atoms with Crippen molar-refractivity contribution in [3.8, 4) is 28.8 Å². The van der Waals surface area contributed by atoms with Gasteiger partial charge in [0, 0.05) is 83.5 Å². The number of hydrogen-bond donors (Lipinski definition) is 8. The molecule has 602 valence electrons. The van der Waals surface area contributed by atoms with E-state index in [1.807, 2.05) is 5.32 Å². The number of aromatic nitrogens is 4. The average molecular weight is 1590 g/mol. The number of ether oxygens (including phenoxy) is 4. The molecule has 8 N–H and O–H groups in total. The summed E-state index contributed by atoms with van der Waals surface area (Å²) in [5.74, 6) is -4.05. The lowest BCUT2D eigenvalue weighted by atomic mass is 9.39. The number of hydrazine groups is 1. The number of alkyl halides is 8. The van der Waals surface area contributed by atoms with E-state index in [9.17, 15) is 52.2 Å². The van der Waals surface area contributed by atoms with Gasteiger partial charge in [-0.05, 0) is 126 Å². The maximum atomic E-state index is 16.9. The molecule has 39 heteroatoms. The maximum absolute atomic E-state index is 16.9. The number of phosphoric ester groups is 1. The van der Waals surface area contributed by atoms with E-state index in [0.29, 0.717) is 106 Å². The average Bonchev–Trinajstić information content (AvgIpc) is 1.11. The van der Waals surface area contributed by atoms with Gasteiger partial charge in [-0.15, -0.1) is 0 Å². The highest BCUT2D eigenvalue weighted by Crippen LogP contribution is 2.67. The monoisotopic (exact) mass is 1590 g/mol. The summed E-state index contributed by atoms with van der Waals surface area (Å²) in [6.07, 6.45) is -12.5. The summed E-state index contributed by atoms with van der Waals surface area (Å²) in [5.41, 5.74) is -9.52. The van der Waals surface area contributed by atoms with E-state index in [2.05, 4.69) is 62.2 Å². The van der Waals surface area contributed by atoms with Crippen LogP contribution in [0, 0.1) is 46.6 Å². The summed E-state index contributed by atoms with van der Waals surface area (Å²) < 4.78 is 192. The Morgan fingerprint density at radius 2 is 1.32 bits per heavy atom. The van der Waals surface area contributed by atoms with Crippen LogP contribution in [0.4, 0.5) is 59.4 Å². The van der Waals surface area contributed by atoms with Gasteiger partial charge in [0.05, 0.1) is 86.4 Å². The van der Waals surface area contributed by atoms with Gasteiger partial charge in [0.2, 0.25) is 17.8 Å². The van der Waals surface area contributed by atoms with Crippen molar-refractivity contribution >= 4 is 55.6 Å². The fourth-order valence-corrected chi connectivity index (χ4v) is 15.3. The third kappa shape index (κ3) is 18.9. The minimum absolute atomic E-state index is 0.0273. The topological polar surface area (TPSA) is 357 Å². The Bertz CT molecular complexity index is 4410.